The van der Waals surface area contributed by atoms with Crippen LogP contribution in [0.15, 0.2) is 18.2 Å². The highest BCUT2D eigenvalue weighted by molar-refractivity contribution is 6.34. The van der Waals surface area contributed by atoms with E-state index in [2.05, 4.69) is 5.32 Å². The Morgan fingerprint density at radius 1 is 1.33 bits per heavy atom. The summed E-state index contributed by atoms with van der Waals surface area (Å²) in [5.41, 5.74) is 6.54. The number of rotatable bonds is 5. The normalized spacial score (nSPS) is 23.0. The molecule has 1 aromatic rings. The van der Waals surface area contributed by atoms with Crippen molar-refractivity contribution in [2.75, 3.05) is 6.54 Å². The van der Waals surface area contributed by atoms with E-state index in [-0.39, 0.29) is 24.4 Å². The molecule has 1 amide bonds. The smallest absolute Gasteiger partial charge is 0.220 e. The molecule has 4 N–H and O–H groups in total. The second-order valence-corrected chi connectivity index (χ2v) is 6.45. The van der Waals surface area contributed by atoms with Gasteiger partial charge in [0.1, 0.15) is 0 Å². The van der Waals surface area contributed by atoms with E-state index in [9.17, 15) is 9.90 Å². The third kappa shape index (κ3) is 4.85. The maximum absolute atomic E-state index is 11.9. The highest BCUT2D eigenvalue weighted by atomic mass is 35.5. The van der Waals surface area contributed by atoms with Crippen LogP contribution in [0.25, 0.3) is 0 Å². The average molecular weight is 331 g/mol. The van der Waals surface area contributed by atoms with Gasteiger partial charge in [-0.1, -0.05) is 29.6 Å². The van der Waals surface area contributed by atoms with Crippen LogP contribution in [0, 0.1) is 5.92 Å². The zero-order chi connectivity index (χ0) is 15.4. The van der Waals surface area contributed by atoms with Gasteiger partial charge in [-0.2, -0.15) is 0 Å². The molecule has 0 heterocycles. The van der Waals surface area contributed by atoms with E-state index >= 15 is 0 Å². The van der Waals surface area contributed by atoms with Crippen LogP contribution in [0.4, 0.5) is 0 Å². The Morgan fingerprint density at radius 3 is 2.57 bits per heavy atom. The minimum absolute atomic E-state index is 0.0791. The molecule has 0 aromatic heterocycles. The number of nitrogens with two attached hydrogens (primary N) is 1. The first-order valence-corrected chi connectivity index (χ1v) is 7.87. The van der Waals surface area contributed by atoms with Crippen molar-refractivity contribution in [1.29, 1.82) is 0 Å². The van der Waals surface area contributed by atoms with Crippen LogP contribution in [0.3, 0.4) is 0 Å². The molecule has 0 spiro atoms. The predicted molar refractivity (Wildman–Crippen MR) is 84.4 cm³/mol. The monoisotopic (exact) mass is 330 g/mol. The molecule has 1 aliphatic carbocycles. The van der Waals surface area contributed by atoms with E-state index in [1.165, 1.54) is 0 Å². The fourth-order valence-corrected chi connectivity index (χ4v) is 3.27. The van der Waals surface area contributed by atoms with Gasteiger partial charge >= 0.3 is 0 Å². The molecule has 0 radical (unpaired) electrons. The van der Waals surface area contributed by atoms with E-state index in [0.717, 1.165) is 19.3 Å². The summed E-state index contributed by atoms with van der Waals surface area (Å²) < 4.78 is 0. The minimum Gasteiger partial charge on any atom is -0.387 e. The molecule has 1 fully saturated rings. The van der Waals surface area contributed by atoms with Crippen LogP contribution in [0.2, 0.25) is 10.0 Å². The van der Waals surface area contributed by atoms with Crippen molar-refractivity contribution >= 4 is 29.1 Å². The van der Waals surface area contributed by atoms with E-state index in [1.54, 1.807) is 18.2 Å². The molecule has 4 nitrogen and oxygen atoms in total. The van der Waals surface area contributed by atoms with Gasteiger partial charge in [0.25, 0.3) is 0 Å². The van der Waals surface area contributed by atoms with Gasteiger partial charge in [0.15, 0.2) is 0 Å². The number of halogens is 2. The van der Waals surface area contributed by atoms with E-state index in [4.69, 9.17) is 28.9 Å². The lowest BCUT2D eigenvalue weighted by atomic mass is 10.00. The molecule has 0 aliphatic heterocycles. The molecule has 0 bridgehead atoms. The SMILES string of the molecule is N[C@@H]1CCC[C@H]1CC(=O)NCC(O)c1cc(Cl)cc(Cl)c1. The van der Waals surface area contributed by atoms with Crippen molar-refractivity contribution in [1.82, 2.24) is 5.32 Å². The first-order valence-electron chi connectivity index (χ1n) is 7.12. The van der Waals surface area contributed by atoms with Gasteiger partial charge in [-0.05, 0) is 42.5 Å². The first-order chi connectivity index (χ1) is 9.95. The molecule has 3 atom stereocenters. The number of benzene rings is 1. The maximum Gasteiger partial charge on any atom is 0.220 e. The standard InChI is InChI=1S/C15H20Cl2N2O2/c16-11-4-10(5-12(17)7-11)14(20)8-19-15(21)6-9-2-1-3-13(9)18/h4-5,7,9,13-14,20H,1-3,6,8,18H2,(H,19,21)/t9-,13+,14?/m0/s1. The Labute approximate surface area is 134 Å². The molecule has 0 saturated heterocycles. The van der Waals surface area contributed by atoms with E-state index in [1.807, 2.05) is 0 Å². The average Bonchev–Trinajstić information content (AvgIpc) is 2.80. The van der Waals surface area contributed by atoms with Gasteiger partial charge < -0.3 is 16.2 Å². The van der Waals surface area contributed by atoms with Gasteiger partial charge in [0.2, 0.25) is 5.91 Å². The molecule has 1 aromatic carbocycles. The summed E-state index contributed by atoms with van der Waals surface area (Å²) in [5.74, 6) is 0.173. The summed E-state index contributed by atoms with van der Waals surface area (Å²) in [6.07, 6.45) is 2.66. The molecule has 1 aliphatic rings. The lowest BCUT2D eigenvalue weighted by Crippen LogP contribution is -2.33. The van der Waals surface area contributed by atoms with Gasteiger partial charge in [-0.15, -0.1) is 0 Å². The largest absolute Gasteiger partial charge is 0.387 e. The Kier molecular flexibility index (Phi) is 5.88. The number of carbonyl (C=O) groups excluding carboxylic acids is 1. The van der Waals surface area contributed by atoms with Crippen LogP contribution in [0.5, 0.6) is 0 Å². The fraction of sp³-hybridized carbons (Fsp3) is 0.533. The second kappa shape index (κ2) is 7.45. The Bertz CT molecular complexity index is 490. The summed E-state index contributed by atoms with van der Waals surface area (Å²) in [5, 5.41) is 13.7. The Morgan fingerprint density at radius 2 is 2.00 bits per heavy atom. The predicted octanol–water partition coefficient (Wildman–Crippen LogP) is 2.66. The number of amides is 1. The third-order valence-electron chi connectivity index (χ3n) is 3.93. The van der Waals surface area contributed by atoms with Gasteiger partial charge in [0.05, 0.1) is 6.10 Å². The van der Waals surface area contributed by atoms with Crippen LogP contribution in [-0.4, -0.2) is 23.6 Å². The third-order valence-corrected chi connectivity index (χ3v) is 4.36. The van der Waals surface area contributed by atoms with E-state index < -0.39 is 6.10 Å². The van der Waals surface area contributed by atoms with E-state index in [0.29, 0.717) is 22.0 Å². The van der Waals surface area contributed by atoms with Crippen molar-refractivity contribution < 1.29 is 9.90 Å². The topological polar surface area (TPSA) is 75.4 Å². The fourth-order valence-electron chi connectivity index (χ4n) is 2.73. The summed E-state index contributed by atoms with van der Waals surface area (Å²) in [4.78, 5) is 11.9. The molecular formula is C15H20Cl2N2O2. The summed E-state index contributed by atoms with van der Waals surface area (Å²) in [7, 11) is 0. The lowest BCUT2D eigenvalue weighted by Gasteiger charge is -2.17. The maximum atomic E-state index is 11.9. The highest BCUT2D eigenvalue weighted by Crippen LogP contribution is 2.27. The van der Waals surface area contributed by atoms with Gasteiger partial charge in [-0.25, -0.2) is 0 Å². The molecule has 1 unspecified atom stereocenters. The minimum atomic E-state index is -0.831. The van der Waals surface area contributed by atoms with Crippen molar-refractivity contribution in [3.8, 4) is 0 Å². The number of hydrogen-bond acceptors (Lipinski definition) is 3. The van der Waals surface area contributed by atoms with Crippen LogP contribution >= 0.6 is 23.2 Å². The highest BCUT2D eigenvalue weighted by Gasteiger charge is 2.26. The number of aliphatic hydroxyl groups is 1. The lowest BCUT2D eigenvalue weighted by molar-refractivity contribution is -0.122. The van der Waals surface area contributed by atoms with Gasteiger partial charge in [-0.3, -0.25) is 4.79 Å². The molecule has 2 rings (SSSR count). The summed E-state index contributed by atoms with van der Waals surface area (Å²) in [6, 6.07) is 4.99. The Hall–Kier alpha value is -0.810. The quantitative estimate of drug-likeness (QED) is 0.776. The van der Waals surface area contributed by atoms with Crippen molar-refractivity contribution in [2.24, 2.45) is 11.7 Å². The van der Waals surface area contributed by atoms with Gasteiger partial charge in [0, 0.05) is 29.1 Å². The number of carbonyl (C=O) groups is 1. The summed E-state index contributed by atoms with van der Waals surface area (Å²) >= 11 is 11.8. The number of aliphatic hydroxyl groups excluding tert-OH is 1. The Balaban J connectivity index is 1.82. The van der Waals surface area contributed by atoms with Crippen LogP contribution < -0.4 is 11.1 Å². The molecule has 21 heavy (non-hydrogen) atoms. The van der Waals surface area contributed by atoms with Crippen molar-refractivity contribution in [3.63, 3.8) is 0 Å². The zero-order valence-electron chi connectivity index (χ0n) is 11.7. The zero-order valence-corrected chi connectivity index (χ0v) is 13.2. The first kappa shape index (κ1) is 16.6. The second-order valence-electron chi connectivity index (χ2n) is 5.58. The summed E-state index contributed by atoms with van der Waals surface area (Å²) in [6.45, 7) is 0.136. The number of nitrogens with one attached hydrogen (secondary N) is 1. The molecule has 1 saturated carbocycles. The van der Waals surface area contributed by atoms with Crippen molar-refractivity contribution in [3.05, 3.63) is 33.8 Å². The molecular weight excluding hydrogens is 311 g/mol. The molecule has 6 heteroatoms. The number of hydrogen-bond donors (Lipinski definition) is 3. The molecule has 116 valence electrons. The van der Waals surface area contributed by atoms with Crippen LogP contribution in [-0.2, 0) is 4.79 Å². The van der Waals surface area contributed by atoms with Crippen LogP contribution in [0.1, 0.15) is 37.4 Å². The van der Waals surface area contributed by atoms with Crippen molar-refractivity contribution in [2.45, 2.75) is 37.8 Å².